The van der Waals surface area contributed by atoms with Crippen LogP contribution in [0.1, 0.15) is 0 Å². The molecule has 1 amide bonds. The van der Waals surface area contributed by atoms with Crippen molar-refractivity contribution in [3.8, 4) is 0 Å². The molecule has 0 bridgehead atoms. The summed E-state index contributed by atoms with van der Waals surface area (Å²) in [7, 11) is -2.26. The lowest BCUT2D eigenvalue weighted by Crippen LogP contribution is -2.52. The largest absolute Gasteiger partial charge is 0.383 e. The summed E-state index contributed by atoms with van der Waals surface area (Å²) < 4.78 is 31.4. The summed E-state index contributed by atoms with van der Waals surface area (Å²) in [6.07, 6.45) is 0. The Bertz CT molecular complexity index is 746. The van der Waals surface area contributed by atoms with Gasteiger partial charge in [0.2, 0.25) is 15.9 Å². The van der Waals surface area contributed by atoms with Crippen LogP contribution in [0, 0.1) is 10.1 Å². The second-order valence-corrected chi connectivity index (χ2v) is 7.65. The first-order valence-corrected chi connectivity index (χ1v) is 9.52. The summed E-state index contributed by atoms with van der Waals surface area (Å²) in [5.74, 6) is -0.103. The summed E-state index contributed by atoms with van der Waals surface area (Å²) in [5.41, 5.74) is -0.276. The van der Waals surface area contributed by atoms with E-state index < -0.39 is 14.9 Å². The lowest BCUT2D eigenvalue weighted by atomic mass is 10.3. The third-order valence-electron chi connectivity index (χ3n) is 4.02. The SMILES string of the molecule is COCCNCC(=O)N1CCN(S(=O)(=O)c2cccc([N+](=O)[O-])c2)CC1. The van der Waals surface area contributed by atoms with Gasteiger partial charge in [-0.05, 0) is 6.07 Å². The van der Waals surface area contributed by atoms with Gasteiger partial charge in [0, 0.05) is 52.0 Å². The number of nitro groups is 1. The van der Waals surface area contributed by atoms with Crippen molar-refractivity contribution in [2.45, 2.75) is 4.90 Å². The molecule has 0 unspecified atom stereocenters. The molecule has 1 heterocycles. The minimum Gasteiger partial charge on any atom is -0.383 e. The lowest BCUT2D eigenvalue weighted by Gasteiger charge is -2.34. The van der Waals surface area contributed by atoms with Crippen molar-refractivity contribution in [2.24, 2.45) is 0 Å². The molecule has 10 nitrogen and oxygen atoms in total. The summed E-state index contributed by atoms with van der Waals surface area (Å²) in [6.45, 7) is 2.08. The highest BCUT2D eigenvalue weighted by Crippen LogP contribution is 2.22. The molecular weight excluding hydrogens is 364 g/mol. The minimum absolute atomic E-state index is 0.103. The Labute approximate surface area is 151 Å². The summed E-state index contributed by atoms with van der Waals surface area (Å²) >= 11 is 0. The van der Waals surface area contributed by atoms with Gasteiger partial charge in [-0.2, -0.15) is 4.31 Å². The number of amides is 1. The number of benzene rings is 1. The summed E-state index contributed by atoms with van der Waals surface area (Å²) in [4.78, 5) is 23.8. The number of nitrogens with zero attached hydrogens (tertiary/aromatic N) is 3. The fourth-order valence-electron chi connectivity index (χ4n) is 2.57. The maximum atomic E-state index is 12.7. The molecular formula is C15H22N4O6S. The molecule has 11 heteroatoms. The number of piperazine rings is 1. The average molecular weight is 386 g/mol. The number of hydrogen-bond donors (Lipinski definition) is 1. The van der Waals surface area contributed by atoms with E-state index in [-0.39, 0.29) is 49.2 Å². The summed E-state index contributed by atoms with van der Waals surface area (Å²) in [5, 5.41) is 13.8. The van der Waals surface area contributed by atoms with Crippen LogP contribution in [0.2, 0.25) is 0 Å². The second kappa shape index (κ2) is 9.03. The van der Waals surface area contributed by atoms with Crippen LogP contribution in [0.4, 0.5) is 5.69 Å². The molecule has 144 valence electrons. The van der Waals surface area contributed by atoms with Crippen LogP contribution in [0.5, 0.6) is 0 Å². The van der Waals surface area contributed by atoms with E-state index in [1.165, 1.54) is 22.5 Å². The molecule has 0 spiro atoms. The first kappa shape index (κ1) is 20.2. The second-order valence-electron chi connectivity index (χ2n) is 5.71. The Morgan fingerprint density at radius 2 is 2.00 bits per heavy atom. The standard InChI is InChI=1S/C15H22N4O6S/c1-25-10-5-16-12-15(20)17-6-8-18(9-7-17)26(23,24)14-4-2-3-13(11-14)19(21)22/h2-4,11,16H,5-10,12H2,1H3. The first-order valence-electron chi connectivity index (χ1n) is 8.08. The fourth-order valence-corrected chi connectivity index (χ4v) is 4.03. The molecule has 0 aromatic heterocycles. The fraction of sp³-hybridized carbons (Fsp3) is 0.533. The van der Waals surface area contributed by atoms with Gasteiger partial charge in [-0.25, -0.2) is 8.42 Å². The highest BCUT2D eigenvalue weighted by molar-refractivity contribution is 7.89. The molecule has 1 aliphatic rings. The molecule has 1 aromatic rings. The lowest BCUT2D eigenvalue weighted by molar-refractivity contribution is -0.385. The molecule has 0 aliphatic carbocycles. The van der Waals surface area contributed by atoms with Crippen molar-refractivity contribution in [2.75, 3.05) is 53.0 Å². The Balaban J connectivity index is 1.95. The number of nitro benzene ring substituents is 1. The van der Waals surface area contributed by atoms with Gasteiger partial charge in [0.15, 0.2) is 0 Å². The minimum atomic E-state index is -3.83. The van der Waals surface area contributed by atoms with Crippen LogP contribution in [0.15, 0.2) is 29.2 Å². The number of nitrogens with one attached hydrogen (secondary N) is 1. The van der Waals surface area contributed by atoms with Gasteiger partial charge >= 0.3 is 0 Å². The highest BCUT2D eigenvalue weighted by Gasteiger charge is 2.30. The summed E-state index contributed by atoms with van der Waals surface area (Å²) in [6, 6.07) is 4.97. The third kappa shape index (κ3) is 4.97. The van der Waals surface area contributed by atoms with Crippen molar-refractivity contribution in [3.05, 3.63) is 34.4 Å². The van der Waals surface area contributed by atoms with Gasteiger partial charge in [-0.15, -0.1) is 0 Å². The highest BCUT2D eigenvalue weighted by atomic mass is 32.2. The maximum absolute atomic E-state index is 12.7. The van der Waals surface area contributed by atoms with Gasteiger partial charge < -0.3 is 15.0 Å². The number of carbonyl (C=O) groups excluding carboxylic acids is 1. The molecule has 0 atom stereocenters. The van der Waals surface area contributed by atoms with Crippen molar-refractivity contribution in [1.29, 1.82) is 0 Å². The zero-order valence-corrected chi connectivity index (χ0v) is 15.3. The van der Waals surface area contributed by atoms with Gasteiger partial charge in [-0.1, -0.05) is 6.07 Å². The molecule has 1 fully saturated rings. The Hall–Kier alpha value is -2.08. The van der Waals surface area contributed by atoms with E-state index in [1.807, 2.05) is 0 Å². The van der Waals surface area contributed by atoms with Crippen LogP contribution in [0.25, 0.3) is 0 Å². The molecule has 1 saturated heterocycles. The molecule has 1 N–H and O–H groups in total. The van der Waals surface area contributed by atoms with E-state index in [4.69, 9.17) is 4.74 Å². The monoisotopic (exact) mass is 386 g/mol. The van der Waals surface area contributed by atoms with E-state index in [0.717, 1.165) is 6.07 Å². The molecule has 1 aromatic carbocycles. The Kier molecular flexibility index (Phi) is 7.03. The quantitative estimate of drug-likeness (QED) is 0.368. The predicted octanol–water partition coefficient (Wildman–Crippen LogP) is -0.336. The topological polar surface area (TPSA) is 122 Å². The molecule has 1 aliphatic heterocycles. The molecule has 26 heavy (non-hydrogen) atoms. The number of hydrogen-bond acceptors (Lipinski definition) is 7. The Morgan fingerprint density at radius 3 is 2.62 bits per heavy atom. The van der Waals surface area contributed by atoms with Crippen LogP contribution < -0.4 is 5.32 Å². The number of methoxy groups -OCH3 is 1. The number of sulfonamides is 1. The molecule has 2 rings (SSSR count). The zero-order chi connectivity index (χ0) is 19.2. The van der Waals surface area contributed by atoms with Gasteiger partial charge in [0.05, 0.1) is 23.0 Å². The van der Waals surface area contributed by atoms with E-state index in [1.54, 1.807) is 12.0 Å². The van der Waals surface area contributed by atoms with E-state index in [9.17, 15) is 23.3 Å². The van der Waals surface area contributed by atoms with E-state index in [0.29, 0.717) is 13.2 Å². The van der Waals surface area contributed by atoms with E-state index in [2.05, 4.69) is 5.32 Å². The van der Waals surface area contributed by atoms with Gasteiger partial charge in [-0.3, -0.25) is 14.9 Å². The van der Waals surface area contributed by atoms with Crippen LogP contribution in [-0.2, 0) is 19.6 Å². The van der Waals surface area contributed by atoms with Gasteiger partial charge in [0.1, 0.15) is 0 Å². The third-order valence-corrected chi connectivity index (χ3v) is 5.91. The zero-order valence-electron chi connectivity index (χ0n) is 14.5. The molecule has 0 radical (unpaired) electrons. The average Bonchev–Trinajstić information content (AvgIpc) is 2.65. The van der Waals surface area contributed by atoms with Gasteiger partial charge in [0.25, 0.3) is 5.69 Å². The van der Waals surface area contributed by atoms with Crippen molar-refractivity contribution < 1.29 is 22.9 Å². The number of rotatable bonds is 8. The normalized spacial score (nSPS) is 15.8. The van der Waals surface area contributed by atoms with Crippen LogP contribution >= 0.6 is 0 Å². The van der Waals surface area contributed by atoms with Crippen molar-refractivity contribution in [1.82, 2.24) is 14.5 Å². The van der Waals surface area contributed by atoms with Crippen LogP contribution in [0.3, 0.4) is 0 Å². The first-order chi connectivity index (χ1) is 12.4. The Morgan fingerprint density at radius 1 is 1.31 bits per heavy atom. The van der Waals surface area contributed by atoms with Crippen molar-refractivity contribution in [3.63, 3.8) is 0 Å². The predicted molar refractivity (Wildman–Crippen MR) is 93.2 cm³/mol. The number of carbonyl (C=O) groups is 1. The van der Waals surface area contributed by atoms with Crippen LogP contribution in [-0.4, -0.2) is 81.4 Å². The number of non-ortho nitro benzene ring substituents is 1. The van der Waals surface area contributed by atoms with Crippen molar-refractivity contribution >= 4 is 21.6 Å². The number of ether oxygens (including phenoxy) is 1. The maximum Gasteiger partial charge on any atom is 0.270 e. The smallest absolute Gasteiger partial charge is 0.270 e. The molecule has 0 saturated carbocycles. The van der Waals surface area contributed by atoms with E-state index >= 15 is 0 Å².